The van der Waals surface area contributed by atoms with Crippen LogP contribution in [0.5, 0.6) is 0 Å². The first-order chi connectivity index (χ1) is 12.5. The summed E-state index contributed by atoms with van der Waals surface area (Å²) in [6.07, 6.45) is 17.3. The van der Waals surface area contributed by atoms with Crippen LogP contribution in [0.3, 0.4) is 0 Å². The Morgan fingerprint density at radius 1 is 0.846 bits per heavy atom. The monoisotopic (exact) mass is 371 g/mol. The zero-order chi connectivity index (χ0) is 20.0. The lowest BCUT2D eigenvalue weighted by molar-refractivity contribution is -0.137. The van der Waals surface area contributed by atoms with Crippen molar-refractivity contribution in [2.45, 2.75) is 96.8 Å². The summed E-state index contributed by atoms with van der Waals surface area (Å²) in [5.74, 6) is 0.239. The summed E-state index contributed by atoms with van der Waals surface area (Å²) in [5, 5.41) is 11.4. The van der Waals surface area contributed by atoms with E-state index in [1.165, 1.54) is 70.6 Å². The lowest BCUT2D eigenvalue weighted by atomic mass is 10.0. The summed E-state index contributed by atoms with van der Waals surface area (Å²) in [5.41, 5.74) is 0. The molecule has 0 aromatic carbocycles. The Labute approximate surface area is 162 Å². The molecule has 0 atom stereocenters. The Morgan fingerprint density at radius 3 is 1.46 bits per heavy atom. The molecule has 5 nitrogen and oxygen atoms in total. The number of hydrogen-bond donors (Lipinski definition) is 2. The van der Waals surface area contributed by atoms with Gasteiger partial charge in [-0.2, -0.15) is 0 Å². The van der Waals surface area contributed by atoms with Crippen molar-refractivity contribution in [2.24, 2.45) is 4.99 Å². The summed E-state index contributed by atoms with van der Waals surface area (Å²) in [7, 11) is 7.49. The molecule has 0 fully saturated rings. The Balaban J connectivity index is 0. The summed E-state index contributed by atoms with van der Waals surface area (Å²) < 4.78 is 0. The Bertz CT molecular complexity index is 331. The number of carboxylic acid groups (broad SMARTS) is 1. The molecule has 0 spiro atoms. The quantitative estimate of drug-likeness (QED) is 0.247. The molecule has 0 aliphatic carbocycles. The van der Waals surface area contributed by atoms with Gasteiger partial charge < -0.3 is 15.3 Å². The molecule has 0 saturated heterocycles. The molecule has 0 aromatic rings. The van der Waals surface area contributed by atoms with Crippen LogP contribution in [0.25, 0.3) is 0 Å². The maximum atomic E-state index is 10.3. The number of aliphatic imine (C=N–C) groups is 1. The highest BCUT2D eigenvalue weighted by Gasteiger charge is 1.97. The Hall–Kier alpha value is -1.26. The van der Waals surface area contributed by atoms with E-state index in [0.29, 0.717) is 6.42 Å². The number of aliphatic carboxylic acids is 1. The van der Waals surface area contributed by atoms with E-state index in [9.17, 15) is 4.79 Å². The number of rotatable bonds is 14. The Kier molecular flexibility index (Phi) is 22.6. The first kappa shape index (κ1) is 27.0. The summed E-state index contributed by atoms with van der Waals surface area (Å²) in [6, 6.07) is 0. The molecule has 0 aliphatic rings. The van der Waals surface area contributed by atoms with E-state index in [-0.39, 0.29) is 0 Å². The molecule has 5 heteroatoms. The van der Waals surface area contributed by atoms with E-state index in [1.807, 2.05) is 26.0 Å². The van der Waals surface area contributed by atoms with Crippen molar-refractivity contribution < 1.29 is 9.90 Å². The molecule has 0 rings (SSSR count). The van der Waals surface area contributed by atoms with Crippen LogP contribution in [-0.4, -0.2) is 50.1 Å². The van der Waals surface area contributed by atoms with Crippen molar-refractivity contribution in [3.05, 3.63) is 0 Å². The SMILES string of the molecule is CCCCCCCCCCCCCCCC(=O)O.CN=C(NC)N(C)C. The molecule has 0 bridgehead atoms. The van der Waals surface area contributed by atoms with Crippen LogP contribution in [0, 0.1) is 0 Å². The molecule has 0 radical (unpaired) electrons. The third-order valence-electron chi connectivity index (χ3n) is 4.35. The van der Waals surface area contributed by atoms with Crippen molar-refractivity contribution in [2.75, 3.05) is 28.2 Å². The van der Waals surface area contributed by atoms with E-state index in [2.05, 4.69) is 17.2 Å². The fraction of sp³-hybridized carbons (Fsp3) is 0.905. The highest BCUT2D eigenvalue weighted by molar-refractivity contribution is 5.78. The Morgan fingerprint density at radius 2 is 1.23 bits per heavy atom. The van der Waals surface area contributed by atoms with Crippen molar-refractivity contribution in [1.82, 2.24) is 10.2 Å². The second-order valence-electron chi connectivity index (χ2n) is 7.08. The summed E-state index contributed by atoms with van der Waals surface area (Å²) in [6.45, 7) is 2.26. The molecule has 0 heterocycles. The number of unbranched alkanes of at least 4 members (excludes halogenated alkanes) is 12. The average Bonchev–Trinajstić information content (AvgIpc) is 2.60. The lowest BCUT2D eigenvalue weighted by Crippen LogP contribution is -2.33. The third-order valence-corrected chi connectivity index (χ3v) is 4.35. The largest absolute Gasteiger partial charge is 0.481 e. The maximum absolute atomic E-state index is 10.3. The van der Waals surface area contributed by atoms with Crippen LogP contribution >= 0.6 is 0 Å². The third kappa shape index (κ3) is 22.7. The fourth-order valence-corrected chi connectivity index (χ4v) is 2.83. The lowest BCUT2D eigenvalue weighted by Gasteiger charge is -2.12. The van der Waals surface area contributed by atoms with Crippen LogP contribution in [0.4, 0.5) is 0 Å². The zero-order valence-electron chi connectivity index (χ0n) is 18.1. The minimum atomic E-state index is -0.655. The predicted octanol–water partition coefficient (Wildman–Crippen LogP) is 5.31. The first-order valence-electron chi connectivity index (χ1n) is 10.5. The normalized spacial score (nSPS) is 10.9. The number of carbonyl (C=O) groups is 1. The fourth-order valence-electron chi connectivity index (χ4n) is 2.83. The molecule has 2 N–H and O–H groups in total. The molecule has 0 unspecified atom stereocenters. The van der Waals surface area contributed by atoms with Gasteiger partial charge in [0.2, 0.25) is 0 Å². The van der Waals surface area contributed by atoms with Gasteiger partial charge in [-0.1, -0.05) is 84.0 Å². The summed E-state index contributed by atoms with van der Waals surface area (Å²) in [4.78, 5) is 16.2. The smallest absolute Gasteiger partial charge is 0.303 e. The second kappa shape index (κ2) is 21.8. The highest BCUT2D eigenvalue weighted by atomic mass is 16.4. The van der Waals surface area contributed by atoms with Gasteiger partial charge in [0.15, 0.2) is 5.96 Å². The molecule has 0 amide bonds. The minimum Gasteiger partial charge on any atom is -0.481 e. The van der Waals surface area contributed by atoms with E-state index < -0.39 is 5.97 Å². The topological polar surface area (TPSA) is 64.9 Å². The van der Waals surface area contributed by atoms with E-state index >= 15 is 0 Å². The number of nitrogens with zero attached hydrogens (tertiary/aromatic N) is 2. The van der Waals surface area contributed by atoms with Crippen molar-refractivity contribution in [3.63, 3.8) is 0 Å². The van der Waals surface area contributed by atoms with Crippen LogP contribution in [0.1, 0.15) is 96.8 Å². The van der Waals surface area contributed by atoms with Gasteiger partial charge in [-0.25, -0.2) is 0 Å². The maximum Gasteiger partial charge on any atom is 0.303 e. The van der Waals surface area contributed by atoms with Crippen LogP contribution in [0.15, 0.2) is 4.99 Å². The standard InChI is InChI=1S/C16H32O2.C5H13N3/c1-2-3-4-5-6-7-8-9-10-11-12-13-14-15-16(17)18;1-6-5(7-2)8(3)4/h2-15H2,1H3,(H,17,18);1-4H3,(H,6,7). The predicted molar refractivity (Wildman–Crippen MR) is 114 cm³/mol. The summed E-state index contributed by atoms with van der Waals surface area (Å²) >= 11 is 0. The molecule has 0 saturated carbocycles. The molecule has 0 aromatic heterocycles. The molecular weight excluding hydrogens is 326 g/mol. The van der Waals surface area contributed by atoms with Crippen LogP contribution < -0.4 is 5.32 Å². The van der Waals surface area contributed by atoms with Crippen LogP contribution in [-0.2, 0) is 4.79 Å². The van der Waals surface area contributed by atoms with Gasteiger partial charge in [-0.05, 0) is 6.42 Å². The first-order valence-corrected chi connectivity index (χ1v) is 10.5. The van der Waals surface area contributed by atoms with Crippen molar-refractivity contribution in [3.8, 4) is 0 Å². The highest BCUT2D eigenvalue weighted by Crippen LogP contribution is 2.12. The molecular formula is C21H45N3O2. The van der Waals surface area contributed by atoms with E-state index in [4.69, 9.17) is 5.11 Å². The van der Waals surface area contributed by atoms with Crippen molar-refractivity contribution in [1.29, 1.82) is 0 Å². The van der Waals surface area contributed by atoms with E-state index in [0.717, 1.165) is 18.8 Å². The minimum absolute atomic E-state index is 0.345. The van der Waals surface area contributed by atoms with Gasteiger partial charge in [0.25, 0.3) is 0 Å². The van der Waals surface area contributed by atoms with Gasteiger partial charge in [0, 0.05) is 34.6 Å². The van der Waals surface area contributed by atoms with Crippen LogP contribution in [0.2, 0.25) is 0 Å². The van der Waals surface area contributed by atoms with E-state index in [1.54, 1.807) is 7.05 Å². The van der Waals surface area contributed by atoms with Crippen molar-refractivity contribution >= 4 is 11.9 Å². The van der Waals surface area contributed by atoms with Gasteiger partial charge in [-0.15, -0.1) is 0 Å². The van der Waals surface area contributed by atoms with Gasteiger partial charge in [0.1, 0.15) is 0 Å². The van der Waals surface area contributed by atoms with Gasteiger partial charge in [0.05, 0.1) is 0 Å². The average molecular weight is 372 g/mol. The molecule has 0 aliphatic heterocycles. The van der Waals surface area contributed by atoms with Gasteiger partial charge >= 0.3 is 5.97 Å². The zero-order valence-corrected chi connectivity index (χ0v) is 18.1. The number of hydrogen-bond acceptors (Lipinski definition) is 2. The molecule has 156 valence electrons. The number of carboxylic acids is 1. The van der Waals surface area contributed by atoms with Gasteiger partial charge in [-0.3, -0.25) is 9.79 Å². The number of guanidine groups is 1. The number of nitrogens with one attached hydrogen (secondary N) is 1. The second-order valence-corrected chi connectivity index (χ2v) is 7.08. The molecule has 26 heavy (non-hydrogen) atoms.